The lowest BCUT2D eigenvalue weighted by molar-refractivity contribution is -0.137. The first-order valence-electron chi connectivity index (χ1n) is 7.12. The quantitative estimate of drug-likeness (QED) is 0.316. The minimum Gasteiger partial charge on any atom is -0.507 e. The number of carbonyl (C=O) groups is 1. The first-order chi connectivity index (χ1) is 11.8. The lowest BCUT2D eigenvalue weighted by Crippen LogP contribution is -2.12. The van der Waals surface area contributed by atoms with Gasteiger partial charge >= 0.3 is 6.18 Å². The van der Waals surface area contributed by atoms with Crippen molar-refractivity contribution in [2.75, 3.05) is 12.5 Å². The Hall–Kier alpha value is -1.86. The predicted molar refractivity (Wildman–Crippen MR) is 97.6 cm³/mol. The van der Waals surface area contributed by atoms with Crippen molar-refractivity contribution in [3.8, 4) is 0 Å². The summed E-state index contributed by atoms with van der Waals surface area (Å²) >= 11 is 2.01. The fourth-order valence-corrected chi connectivity index (χ4v) is 3.13. The number of benzene rings is 2. The van der Waals surface area contributed by atoms with Crippen molar-refractivity contribution in [2.45, 2.75) is 11.1 Å². The summed E-state index contributed by atoms with van der Waals surface area (Å²) in [4.78, 5) is 12.9. The molecule has 0 aliphatic carbocycles. The molecule has 25 heavy (non-hydrogen) atoms. The van der Waals surface area contributed by atoms with Gasteiger partial charge in [-0.05, 0) is 30.7 Å². The predicted octanol–water partition coefficient (Wildman–Crippen LogP) is 5.74. The molecule has 0 saturated heterocycles. The number of hydrogen-bond donors (Lipinski definition) is 1. The first kappa shape index (κ1) is 19.5. The summed E-state index contributed by atoms with van der Waals surface area (Å²) in [5, 5.41) is 9.93. The minimum atomic E-state index is -4.65. The largest absolute Gasteiger partial charge is 0.507 e. The van der Waals surface area contributed by atoms with Crippen LogP contribution in [-0.2, 0) is 11.0 Å². The van der Waals surface area contributed by atoms with Gasteiger partial charge in [-0.25, -0.2) is 0 Å². The maximum atomic E-state index is 13.4. The second kappa shape index (κ2) is 8.01. The molecule has 1 N–H and O–H groups in total. The van der Waals surface area contributed by atoms with Crippen LogP contribution in [0, 0.1) is 0 Å². The van der Waals surface area contributed by atoms with Crippen LogP contribution in [0.1, 0.15) is 16.7 Å². The summed E-state index contributed by atoms with van der Waals surface area (Å²) in [6.45, 7) is 0. The number of aliphatic hydroxyl groups is 1. The van der Waals surface area contributed by atoms with E-state index in [0.717, 1.165) is 17.8 Å². The highest BCUT2D eigenvalue weighted by Gasteiger charge is 2.36. The zero-order valence-electron chi connectivity index (χ0n) is 13.4. The van der Waals surface area contributed by atoms with Gasteiger partial charge in [0.25, 0.3) is 0 Å². The van der Waals surface area contributed by atoms with Crippen LogP contribution in [0.15, 0.2) is 53.4 Å². The van der Waals surface area contributed by atoms with Gasteiger partial charge in [-0.3, -0.25) is 4.79 Å². The number of hydrogen-bond acceptors (Lipinski definition) is 4. The molecule has 132 valence electrons. The summed E-state index contributed by atoms with van der Waals surface area (Å²) < 4.78 is 40.3. The molecule has 7 heteroatoms. The molecule has 0 bridgehead atoms. The Morgan fingerprint density at radius 3 is 2.20 bits per heavy atom. The van der Waals surface area contributed by atoms with Crippen LogP contribution in [0.4, 0.5) is 13.2 Å². The average Bonchev–Trinajstić information content (AvgIpc) is 2.61. The molecule has 2 nitrogen and oxygen atoms in total. The molecule has 0 atom stereocenters. The number of thioether (sulfide) groups is 2. The number of alkyl halides is 3. The Morgan fingerprint density at radius 2 is 1.68 bits per heavy atom. The third kappa shape index (κ3) is 4.41. The maximum Gasteiger partial charge on any atom is 0.417 e. The molecule has 0 fully saturated rings. The molecule has 2 rings (SSSR count). The van der Waals surface area contributed by atoms with Gasteiger partial charge in [0.15, 0.2) is 0 Å². The maximum absolute atomic E-state index is 13.4. The topological polar surface area (TPSA) is 37.3 Å². The van der Waals surface area contributed by atoms with Crippen molar-refractivity contribution in [1.29, 1.82) is 0 Å². The minimum absolute atomic E-state index is 0.280. The molecule has 0 unspecified atom stereocenters. The van der Waals surface area contributed by atoms with E-state index < -0.39 is 22.6 Å². The third-order valence-corrected chi connectivity index (χ3v) is 4.78. The van der Waals surface area contributed by atoms with Crippen LogP contribution in [0.3, 0.4) is 0 Å². The lowest BCUT2D eigenvalue weighted by Gasteiger charge is -2.17. The van der Waals surface area contributed by atoms with E-state index in [4.69, 9.17) is 0 Å². The van der Waals surface area contributed by atoms with Crippen molar-refractivity contribution < 1.29 is 23.1 Å². The van der Waals surface area contributed by atoms with Gasteiger partial charge in [-0.1, -0.05) is 42.1 Å². The molecule has 0 aliphatic heterocycles. The van der Waals surface area contributed by atoms with E-state index in [9.17, 15) is 23.1 Å². The number of aliphatic hydroxyl groups excluding tert-OH is 1. The Bertz CT molecular complexity index is 800. The average molecular weight is 384 g/mol. The van der Waals surface area contributed by atoms with E-state index >= 15 is 0 Å². The van der Waals surface area contributed by atoms with Gasteiger partial charge < -0.3 is 5.11 Å². The molecule has 2 aromatic carbocycles. The Kier molecular flexibility index (Phi) is 6.24. The number of halogens is 3. The molecule has 0 aromatic heterocycles. The molecule has 0 aliphatic rings. The van der Waals surface area contributed by atoms with E-state index in [-0.39, 0.29) is 16.7 Å². The molecule has 0 amide bonds. The Balaban J connectivity index is 2.82. The molecule has 0 radical (unpaired) electrons. The molecule has 2 aromatic rings. The monoisotopic (exact) mass is 384 g/mol. The van der Waals surface area contributed by atoms with Crippen molar-refractivity contribution in [2.24, 2.45) is 0 Å². The fraction of sp³-hybridized carbons (Fsp3) is 0.167. The Morgan fingerprint density at radius 1 is 1.04 bits per heavy atom. The van der Waals surface area contributed by atoms with Gasteiger partial charge in [0.05, 0.1) is 11.1 Å². The van der Waals surface area contributed by atoms with Crippen LogP contribution in [-0.4, -0.2) is 22.7 Å². The number of rotatable bonds is 4. The summed E-state index contributed by atoms with van der Waals surface area (Å²) in [5.74, 6) is -0.469. The highest BCUT2D eigenvalue weighted by Crippen LogP contribution is 2.40. The van der Waals surface area contributed by atoms with Crippen LogP contribution >= 0.6 is 23.5 Å². The van der Waals surface area contributed by atoms with Crippen LogP contribution in [0.5, 0.6) is 0 Å². The molecule has 0 heterocycles. The first-order valence-corrected chi connectivity index (χ1v) is 9.57. The zero-order chi connectivity index (χ0) is 18.6. The van der Waals surface area contributed by atoms with Gasteiger partial charge in [0.1, 0.15) is 5.76 Å². The molecule has 0 spiro atoms. The van der Waals surface area contributed by atoms with Gasteiger partial charge in [0, 0.05) is 16.0 Å². The van der Waals surface area contributed by atoms with Gasteiger partial charge in [-0.15, -0.1) is 11.8 Å². The van der Waals surface area contributed by atoms with Crippen molar-refractivity contribution >= 4 is 40.0 Å². The zero-order valence-corrected chi connectivity index (χ0v) is 15.1. The number of carbonyl (C=O) groups excluding carboxylic acids is 1. The van der Waals surface area contributed by atoms with Crippen molar-refractivity contribution in [1.82, 2.24) is 0 Å². The molecule has 0 saturated carbocycles. The summed E-state index contributed by atoms with van der Waals surface area (Å²) in [6, 6.07) is 11.6. The second-order valence-corrected chi connectivity index (χ2v) is 6.65. The van der Waals surface area contributed by atoms with E-state index in [1.165, 1.54) is 42.3 Å². The highest BCUT2D eigenvalue weighted by atomic mass is 32.2. The van der Waals surface area contributed by atoms with Crippen molar-refractivity contribution in [3.63, 3.8) is 0 Å². The summed E-state index contributed by atoms with van der Waals surface area (Å²) in [7, 11) is 0. The van der Waals surface area contributed by atoms with Crippen molar-refractivity contribution in [3.05, 3.63) is 65.2 Å². The molecular weight excluding hydrogens is 369 g/mol. The molecular formula is C18H15F3O2S2. The Labute approximate surface area is 152 Å². The smallest absolute Gasteiger partial charge is 0.417 e. The standard InChI is InChI=1S/C18H15F3O2S2/c1-24-12-8-9-14(18(19,20)21)13(10-12)15(17(23)25-2)16(22)11-6-4-3-5-7-11/h3-10,22H,1-2H3/b16-15-. The lowest BCUT2D eigenvalue weighted by atomic mass is 9.96. The van der Waals surface area contributed by atoms with Crippen LogP contribution in [0.2, 0.25) is 0 Å². The fourth-order valence-electron chi connectivity index (χ4n) is 2.28. The third-order valence-electron chi connectivity index (χ3n) is 3.48. The summed E-state index contributed by atoms with van der Waals surface area (Å²) in [5.41, 5.74) is -1.34. The van der Waals surface area contributed by atoms with Gasteiger partial charge in [-0.2, -0.15) is 13.2 Å². The van der Waals surface area contributed by atoms with Crippen LogP contribution in [0.25, 0.3) is 11.3 Å². The second-order valence-electron chi connectivity index (χ2n) is 4.99. The van der Waals surface area contributed by atoms with E-state index in [1.807, 2.05) is 0 Å². The van der Waals surface area contributed by atoms with Crippen LogP contribution < -0.4 is 0 Å². The normalized spacial score (nSPS) is 12.7. The SMILES string of the molecule is CSC(=O)/C(=C(\O)c1ccccc1)c1cc(SC)ccc1C(F)(F)F. The highest BCUT2D eigenvalue weighted by molar-refractivity contribution is 8.14. The van der Waals surface area contributed by atoms with E-state index in [2.05, 4.69) is 0 Å². The van der Waals surface area contributed by atoms with E-state index in [1.54, 1.807) is 24.5 Å². The van der Waals surface area contributed by atoms with E-state index in [0.29, 0.717) is 4.90 Å². The summed E-state index contributed by atoms with van der Waals surface area (Å²) in [6.07, 6.45) is -1.46. The van der Waals surface area contributed by atoms with Gasteiger partial charge in [0.2, 0.25) is 5.12 Å².